The molecule has 18 heavy (non-hydrogen) atoms. The molecule has 2 rings (SSSR count). The first kappa shape index (κ1) is 12.7. The van der Waals surface area contributed by atoms with E-state index in [1.54, 1.807) is 13.2 Å². The Bertz CT molecular complexity index is 608. The lowest BCUT2D eigenvalue weighted by Gasteiger charge is -2.23. The molecule has 0 radical (unpaired) electrons. The van der Waals surface area contributed by atoms with Gasteiger partial charge >= 0.3 is 5.97 Å². The number of hydrogen-bond donors (Lipinski definition) is 1. The summed E-state index contributed by atoms with van der Waals surface area (Å²) < 4.78 is 24.8. The Morgan fingerprint density at radius 1 is 1.61 bits per heavy atom. The largest absolute Gasteiger partial charge is 0.755 e. The first-order valence-electron chi connectivity index (χ1n) is 4.56. The van der Waals surface area contributed by atoms with Crippen LogP contribution in [0.2, 0.25) is 0 Å². The van der Waals surface area contributed by atoms with E-state index in [4.69, 9.17) is 5.11 Å². The first-order valence-corrected chi connectivity index (χ1v) is 6.47. The minimum atomic E-state index is -2.69. The Morgan fingerprint density at radius 3 is 2.83 bits per heavy atom. The number of nitrogens with zero attached hydrogens (tertiary/aromatic N) is 4. The highest BCUT2D eigenvalue weighted by molar-refractivity contribution is 7.81. The van der Waals surface area contributed by atoms with Crippen molar-refractivity contribution in [2.45, 2.75) is 0 Å². The number of aromatic carboxylic acids is 1. The van der Waals surface area contributed by atoms with Crippen LogP contribution in [0.1, 0.15) is 10.5 Å². The molecule has 0 aliphatic heterocycles. The van der Waals surface area contributed by atoms with Crippen LogP contribution >= 0.6 is 11.3 Å². The highest BCUT2D eigenvalue weighted by Gasteiger charge is 2.24. The second kappa shape index (κ2) is 4.84. The maximum absolute atomic E-state index is 11.3. The zero-order valence-electron chi connectivity index (χ0n) is 9.01. The summed E-state index contributed by atoms with van der Waals surface area (Å²) in [6.07, 6.45) is 2.97. The van der Waals surface area contributed by atoms with E-state index < -0.39 is 17.2 Å². The van der Waals surface area contributed by atoms with Crippen molar-refractivity contribution in [3.05, 3.63) is 23.6 Å². The Hall–Kier alpha value is -1.78. The topological polar surface area (TPSA) is 111 Å². The molecule has 0 aliphatic rings. The zero-order chi connectivity index (χ0) is 13.3. The Morgan fingerprint density at radius 2 is 2.33 bits per heavy atom. The number of anilines is 2. The van der Waals surface area contributed by atoms with Crippen LogP contribution in [0.15, 0.2) is 17.9 Å². The van der Waals surface area contributed by atoms with Crippen molar-refractivity contribution in [3.63, 3.8) is 0 Å². The molecule has 8 nitrogen and oxygen atoms in total. The lowest BCUT2D eigenvalue weighted by molar-refractivity contribution is 0.0692. The van der Waals surface area contributed by atoms with Crippen LogP contribution in [-0.4, -0.2) is 34.4 Å². The van der Waals surface area contributed by atoms with E-state index in [0.717, 1.165) is 15.6 Å². The summed E-state index contributed by atoms with van der Waals surface area (Å²) in [5.74, 6) is -1.20. The zero-order valence-corrected chi connectivity index (χ0v) is 10.6. The molecule has 1 atom stereocenters. The van der Waals surface area contributed by atoms with Crippen LogP contribution in [0, 0.1) is 0 Å². The lowest BCUT2D eigenvalue weighted by atomic mass is 10.4. The van der Waals surface area contributed by atoms with Gasteiger partial charge in [0.05, 0.1) is 16.8 Å². The summed E-state index contributed by atoms with van der Waals surface area (Å²) in [6.45, 7) is 0. The van der Waals surface area contributed by atoms with Gasteiger partial charge in [0.25, 0.3) is 0 Å². The highest BCUT2D eigenvalue weighted by atomic mass is 32.2. The second-order valence-corrected chi connectivity index (χ2v) is 4.79. The van der Waals surface area contributed by atoms with Gasteiger partial charge in [-0.3, -0.25) is 4.21 Å². The monoisotopic (exact) mass is 287 g/mol. The number of carboxylic acid groups (broad SMARTS) is 1. The van der Waals surface area contributed by atoms with Crippen LogP contribution in [-0.2, 0) is 18.3 Å². The van der Waals surface area contributed by atoms with Crippen molar-refractivity contribution in [3.8, 4) is 0 Å². The Labute approximate surface area is 108 Å². The van der Waals surface area contributed by atoms with Gasteiger partial charge in [0.15, 0.2) is 5.69 Å². The predicted octanol–water partition coefficient (Wildman–Crippen LogP) is 0.507. The number of thiazole rings is 1. The molecule has 0 saturated heterocycles. The quantitative estimate of drug-likeness (QED) is 0.820. The summed E-state index contributed by atoms with van der Waals surface area (Å²) in [5, 5.41) is 8.93. The fourth-order valence-electron chi connectivity index (χ4n) is 1.31. The molecule has 0 aliphatic carbocycles. The Kier molecular flexibility index (Phi) is 3.41. The molecular formula is C8H7N4O4S2-. The summed E-state index contributed by atoms with van der Waals surface area (Å²) in [6, 6.07) is 0. The van der Waals surface area contributed by atoms with Crippen molar-refractivity contribution >= 4 is 39.5 Å². The van der Waals surface area contributed by atoms with Gasteiger partial charge in [-0.05, 0) is 0 Å². The van der Waals surface area contributed by atoms with Crippen molar-refractivity contribution in [2.24, 2.45) is 7.05 Å². The molecule has 2 heterocycles. The lowest BCUT2D eigenvalue weighted by Crippen LogP contribution is -2.23. The van der Waals surface area contributed by atoms with Crippen LogP contribution in [0.4, 0.5) is 10.9 Å². The smallest absolute Gasteiger partial charge is 0.357 e. The van der Waals surface area contributed by atoms with Crippen LogP contribution in [0.3, 0.4) is 0 Å². The Balaban J connectivity index is 2.56. The van der Waals surface area contributed by atoms with Crippen molar-refractivity contribution in [2.75, 3.05) is 4.31 Å². The summed E-state index contributed by atoms with van der Waals surface area (Å²) in [5.41, 5.74) is 0.939. The second-order valence-electron chi connectivity index (χ2n) is 3.16. The molecule has 0 amide bonds. The van der Waals surface area contributed by atoms with E-state index in [-0.39, 0.29) is 16.6 Å². The van der Waals surface area contributed by atoms with E-state index >= 15 is 0 Å². The van der Waals surface area contributed by atoms with Crippen LogP contribution in [0.25, 0.3) is 0 Å². The van der Waals surface area contributed by atoms with Gasteiger partial charge in [-0.2, -0.15) is 0 Å². The normalized spacial score (nSPS) is 12.3. The first-order chi connectivity index (χ1) is 8.52. The number of rotatable bonds is 4. The summed E-state index contributed by atoms with van der Waals surface area (Å²) in [7, 11) is 1.60. The maximum atomic E-state index is 11.3. The minimum absolute atomic E-state index is 0.00914. The third-order valence-electron chi connectivity index (χ3n) is 2.06. The average Bonchev–Trinajstić information content (AvgIpc) is 2.89. The SMILES string of the molecule is Cn1ccnc1N(c1scnc1C(=O)O)S(=O)[O-]. The van der Waals surface area contributed by atoms with Crippen LogP contribution < -0.4 is 4.31 Å². The van der Waals surface area contributed by atoms with Crippen LogP contribution in [0.5, 0.6) is 0 Å². The van der Waals surface area contributed by atoms with Gasteiger partial charge < -0.3 is 14.2 Å². The van der Waals surface area contributed by atoms with Crippen molar-refractivity contribution in [1.29, 1.82) is 0 Å². The molecule has 1 unspecified atom stereocenters. The number of carboxylic acids is 1. The highest BCUT2D eigenvalue weighted by Crippen LogP contribution is 2.31. The third-order valence-corrected chi connectivity index (χ3v) is 3.63. The molecule has 2 aromatic rings. The molecule has 96 valence electrons. The van der Waals surface area contributed by atoms with E-state index in [9.17, 15) is 13.6 Å². The van der Waals surface area contributed by atoms with Gasteiger partial charge in [0.2, 0.25) is 5.95 Å². The molecular weight excluding hydrogens is 280 g/mol. The molecule has 2 aromatic heterocycles. The average molecular weight is 287 g/mol. The molecule has 0 fully saturated rings. The van der Waals surface area contributed by atoms with Gasteiger partial charge in [-0.15, -0.1) is 11.3 Å². The number of hydrogen-bond acceptors (Lipinski definition) is 6. The molecule has 0 spiro atoms. The van der Waals surface area contributed by atoms with E-state index in [0.29, 0.717) is 0 Å². The van der Waals surface area contributed by atoms with E-state index in [1.165, 1.54) is 16.3 Å². The fourth-order valence-corrected chi connectivity index (χ4v) is 2.84. The number of aromatic nitrogens is 3. The standard InChI is InChI=1S/C8H8N4O4S2/c1-11-3-2-9-8(11)12(18(15)16)6-5(7(13)14)10-4-17-6/h2-4H,1H3,(H,13,14)(H,15,16)/p-1. The van der Waals surface area contributed by atoms with Gasteiger partial charge in [0.1, 0.15) is 5.00 Å². The molecule has 1 N–H and O–H groups in total. The fraction of sp³-hybridized carbons (Fsp3) is 0.125. The number of carbonyl (C=O) groups is 1. The minimum Gasteiger partial charge on any atom is -0.755 e. The summed E-state index contributed by atoms with van der Waals surface area (Å²) in [4.78, 5) is 18.5. The van der Waals surface area contributed by atoms with E-state index in [2.05, 4.69) is 9.97 Å². The maximum Gasteiger partial charge on any atom is 0.357 e. The van der Waals surface area contributed by atoms with Crippen molar-refractivity contribution < 1.29 is 18.7 Å². The van der Waals surface area contributed by atoms with Gasteiger partial charge in [0, 0.05) is 19.4 Å². The third kappa shape index (κ3) is 2.12. The predicted molar refractivity (Wildman–Crippen MR) is 63.3 cm³/mol. The molecule has 10 heteroatoms. The molecule has 0 bridgehead atoms. The summed E-state index contributed by atoms with van der Waals surface area (Å²) >= 11 is -1.78. The molecule has 0 aromatic carbocycles. The number of aryl methyl sites for hydroxylation is 1. The molecule has 0 saturated carbocycles. The van der Waals surface area contributed by atoms with Gasteiger partial charge in [-0.25, -0.2) is 19.1 Å². The van der Waals surface area contributed by atoms with E-state index in [1.807, 2.05) is 0 Å². The van der Waals surface area contributed by atoms with Gasteiger partial charge in [-0.1, -0.05) is 0 Å². The van der Waals surface area contributed by atoms with Crippen molar-refractivity contribution in [1.82, 2.24) is 14.5 Å². The number of imidazole rings is 1.